The molecule has 0 fully saturated rings. The Morgan fingerprint density at radius 3 is 2.00 bits per heavy atom. The van der Waals surface area contributed by atoms with E-state index in [4.69, 9.17) is 0 Å². The maximum atomic E-state index is 12.0. The highest BCUT2D eigenvalue weighted by atomic mass is 32.2. The Morgan fingerprint density at radius 2 is 1.75 bits per heavy atom. The molecule has 0 unspecified atom stereocenters. The second-order valence-corrected chi connectivity index (χ2v) is 4.86. The van der Waals surface area contributed by atoms with Gasteiger partial charge >= 0.3 is 5.51 Å². The van der Waals surface area contributed by atoms with E-state index >= 15 is 0 Å². The molecule has 0 rings (SSSR count). The van der Waals surface area contributed by atoms with E-state index in [2.05, 4.69) is 9.46 Å². The van der Waals surface area contributed by atoms with Crippen molar-refractivity contribution < 1.29 is 31.1 Å². The third-order valence-corrected chi connectivity index (χ3v) is 2.71. The van der Waals surface area contributed by atoms with Gasteiger partial charge in [0.1, 0.15) is 0 Å². The summed E-state index contributed by atoms with van der Waals surface area (Å²) in [6.07, 6.45) is 0. The fourth-order valence-electron chi connectivity index (χ4n) is 0.767. The molecule has 1 atom stereocenters. The minimum atomic E-state index is -5.67. The summed E-state index contributed by atoms with van der Waals surface area (Å²) in [5, 5.41) is 0. The maximum absolute atomic E-state index is 12.0. The molecule has 0 aliphatic rings. The minimum absolute atomic E-state index is 0.718. The van der Waals surface area contributed by atoms with E-state index in [-0.39, 0.29) is 0 Å². The quantitative estimate of drug-likeness (QED) is 0.718. The molecule has 0 aliphatic carbocycles. The molecule has 0 amide bonds. The van der Waals surface area contributed by atoms with Crippen LogP contribution in [-0.2, 0) is 19.6 Å². The molecule has 16 heavy (non-hydrogen) atoms. The minimum Gasteiger partial charge on any atom is -0.529 e. The molecule has 0 heterocycles. The molecule has 5 nitrogen and oxygen atoms in total. The summed E-state index contributed by atoms with van der Waals surface area (Å²) in [7, 11) is -4.73. The van der Waals surface area contributed by atoms with Gasteiger partial charge in [-0.1, -0.05) is 19.8 Å². The Kier molecular flexibility index (Phi) is 4.74. The molecular weight excluding hydrogens is 251 g/mol. The first kappa shape index (κ1) is 15.2. The van der Waals surface area contributed by atoms with E-state index in [0.717, 1.165) is 7.11 Å². The van der Waals surface area contributed by atoms with Crippen LogP contribution in [0.3, 0.4) is 0 Å². The van der Waals surface area contributed by atoms with Crippen LogP contribution in [0.1, 0.15) is 13.8 Å². The van der Waals surface area contributed by atoms with Crippen LogP contribution in [0.2, 0.25) is 0 Å². The first-order chi connectivity index (χ1) is 7.03. The van der Waals surface area contributed by atoms with Crippen LogP contribution < -0.4 is 0 Å². The van der Waals surface area contributed by atoms with Gasteiger partial charge in [0.15, 0.2) is 10.0 Å². The van der Waals surface area contributed by atoms with Gasteiger partial charge in [0.25, 0.3) is 5.97 Å². The van der Waals surface area contributed by atoms with Gasteiger partial charge < -0.3 is 9.46 Å². The van der Waals surface area contributed by atoms with Crippen molar-refractivity contribution in [2.45, 2.75) is 25.4 Å². The van der Waals surface area contributed by atoms with Gasteiger partial charge in [-0.2, -0.15) is 13.2 Å². The molecule has 0 aromatic heterocycles. The average Bonchev–Trinajstić information content (AvgIpc) is 2.10. The SMILES string of the molecule is COC(=O)[C@@H]([N-]S(=O)(=O)C(F)(F)F)C(C)C. The van der Waals surface area contributed by atoms with E-state index in [9.17, 15) is 26.4 Å². The number of hydrogen-bond acceptors (Lipinski definition) is 4. The molecule has 0 aromatic rings. The number of esters is 1. The number of nitrogens with zero attached hydrogens (tertiary/aromatic N) is 1. The van der Waals surface area contributed by atoms with Crippen molar-refractivity contribution in [2.24, 2.45) is 5.92 Å². The standard InChI is InChI=1S/C7H11F3NO4S/c1-4(2)5(6(12)15-3)11-16(13,14)7(8,9)10/h4-5H,1-3H3/q-1/t5-/m0/s1. The first-order valence-corrected chi connectivity index (χ1v) is 5.58. The Labute approximate surface area is 91.0 Å². The van der Waals surface area contributed by atoms with Crippen molar-refractivity contribution in [1.29, 1.82) is 0 Å². The Bertz CT molecular complexity index is 349. The van der Waals surface area contributed by atoms with Crippen LogP contribution in [0.5, 0.6) is 0 Å². The van der Waals surface area contributed by atoms with Gasteiger partial charge in [0, 0.05) is 0 Å². The number of methoxy groups -OCH3 is 1. The van der Waals surface area contributed by atoms with Crippen LogP contribution in [0.4, 0.5) is 13.2 Å². The summed E-state index contributed by atoms with van der Waals surface area (Å²) in [6, 6.07) is -1.68. The Morgan fingerprint density at radius 1 is 1.31 bits per heavy atom. The van der Waals surface area contributed by atoms with Gasteiger partial charge in [0.05, 0.1) is 7.11 Å². The molecule has 0 aliphatic heterocycles. The van der Waals surface area contributed by atoms with Gasteiger partial charge in [-0.15, -0.1) is 0 Å². The number of halogens is 3. The number of rotatable bonds is 4. The number of ether oxygens (including phenoxy) is 1. The van der Waals surface area contributed by atoms with Gasteiger partial charge in [-0.3, -0.25) is 4.79 Å². The van der Waals surface area contributed by atoms with Crippen LogP contribution in [0.25, 0.3) is 4.72 Å². The molecule has 0 spiro atoms. The summed E-state index contributed by atoms with van der Waals surface area (Å²) >= 11 is 0. The number of hydrogen-bond donors (Lipinski definition) is 0. The largest absolute Gasteiger partial charge is 0.529 e. The van der Waals surface area contributed by atoms with Crippen molar-refractivity contribution >= 4 is 16.0 Å². The molecule has 9 heteroatoms. The second-order valence-electron chi connectivity index (χ2n) is 3.24. The third kappa shape index (κ3) is 3.63. The smallest absolute Gasteiger partial charge is 0.480 e. The molecule has 0 N–H and O–H groups in total. The fraction of sp³-hybridized carbons (Fsp3) is 0.857. The van der Waals surface area contributed by atoms with Crippen LogP contribution in [-0.4, -0.2) is 33.0 Å². The van der Waals surface area contributed by atoms with Crippen LogP contribution in [0, 0.1) is 5.92 Å². The predicted molar refractivity (Wildman–Crippen MR) is 49.0 cm³/mol. The second kappa shape index (κ2) is 5.00. The zero-order chi connectivity index (χ0) is 13.1. The van der Waals surface area contributed by atoms with E-state index < -0.39 is 33.5 Å². The molecule has 96 valence electrons. The maximum Gasteiger partial charge on any atom is 0.480 e. The van der Waals surface area contributed by atoms with E-state index in [1.807, 2.05) is 0 Å². The number of sulfonamides is 1. The number of carbonyl (C=O) groups is 1. The zero-order valence-corrected chi connectivity index (χ0v) is 9.59. The number of carbonyl (C=O) groups excluding carboxylic acids is 1. The Hall–Kier alpha value is -0.830. The monoisotopic (exact) mass is 262 g/mol. The lowest BCUT2D eigenvalue weighted by atomic mass is 10.1. The topological polar surface area (TPSA) is 74.5 Å². The Balaban J connectivity index is 4.99. The third-order valence-electron chi connectivity index (χ3n) is 1.62. The van der Waals surface area contributed by atoms with Crippen molar-refractivity contribution in [3.8, 4) is 0 Å². The summed E-state index contributed by atoms with van der Waals surface area (Å²) in [4.78, 5) is 11.0. The molecule has 0 aromatic carbocycles. The summed E-state index contributed by atoms with van der Waals surface area (Å²) in [6.45, 7) is 2.72. The van der Waals surface area contributed by atoms with Gasteiger partial charge in [-0.25, -0.2) is 8.42 Å². The molecular formula is C7H11F3NO4S-. The molecule has 0 saturated heterocycles. The van der Waals surface area contributed by atoms with Crippen molar-refractivity contribution in [2.75, 3.05) is 7.11 Å². The lowest BCUT2D eigenvalue weighted by Crippen LogP contribution is -2.33. The van der Waals surface area contributed by atoms with Crippen molar-refractivity contribution in [3.63, 3.8) is 0 Å². The highest BCUT2D eigenvalue weighted by Crippen LogP contribution is 2.31. The first-order valence-electron chi connectivity index (χ1n) is 4.14. The van der Waals surface area contributed by atoms with Crippen molar-refractivity contribution in [3.05, 3.63) is 4.72 Å². The average molecular weight is 262 g/mol. The summed E-state index contributed by atoms with van der Waals surface area (Å²) < 4.78 is 64.0. The summed E-state index contributed by atoms with van der Waals surface area (Å²) in [5.41, 5.74) is -5.51. The fourth-order valence-corrected chi connectivity index (χ4v) is 1.51. The van der Waals surface area contributed by atoms with Gasteiger partial charge in [0.2, 0.25) is 0 Å². The van der Waals surface area contributed by atoms with Crippen LogP contribution >= 0.6 is 0 Å². The lowest BCUT2D eigenvalue weighted by molar-refractivity contribution is -0.142. The van der Waals surface area contributed by atoms with Crippen LogP contribution in [0.15, 0.2) is 0 Å². The number of alkyl halides is 3. The van der Waals surface area contributed by atoms with E-state index in [0.29, 0.717) is 0 Å². The molecule has 0 saturated carbocycles. The van der Waals surface area contributed by atoms with E-state index in [1.54, 1.807) is 0 Å². The predicted octanol–water partition coefficient (Wildman–Crippen LogP) is 1.41. The van der Waals surface area contributed by atoms with E-state index in [1.165, 1.54) is 13.8 Å². The lowest BCUT2D eigenvalue weighted by Gasteiger charge is -2.32. The zero-order valence-electron chi connectivity index (χ0n) is 8.78. The normalized spacial score (nSPS) is 14.9. The summed E-state index contributed by atoms with van der Waals surface area (Å²) in [5.74, 6) is -1.84. The highest BCUT2D eigenvalue weighted by molar-refractivity contribution is 7.94. The highest BCUT2D eigenvalue weighted by Gasteiger charge is 2.40. The molecule has 0 radical (unpaired) electrons. The molecule has 0 bridgehead atoms. The van der Waals surface area contributed by atoms with Crippen molar-refractivity contribution in [1.82, 2.24) is 0 Å². The van der Waals surface area contributed by atoms with Gasteiger partial charge in [-0.05, 0) is 6.04 Å².